The zero-order valence-corrected chi connectivity index (χ0v) is 11.2. The fourth-order valence-electron chi connectivity index (χ4n) is 1.82. The Morgan fingerprint density at radius 1 is 1.44 bits per heavy atom. The van der Waals surface area contributed by atoms with Crippen molar-refractivity contribution in [3.63, 3.8) is 0 Å². The van der Waals surface area contributed by atoms with Crippen molar-refractivity contribution in [2.45, 2.75) is 64.5 Å². The average Bonchev–Trinajstić information content (AvgIpc) is 2.31. The highest BCUT2D eigenvalue weighted by atomic mass is 16.5. The van der Waals surface area contributed by atoms with E-state index in [1.54, 1.807) is 0 Å². The van der Waals surface area contributed by atoms with Crippen LogP contribution in [-0.2, 0) is 4.74 Å². The standard InChI is InChI=1S/C13H26N2O/c1-5-8-12(3)16-10-7-9-13(6-2,11-14)15-4/h12,15H,5-10H2,1-4H3. The molecule has 0 bridgehead atoms. The van der Waals surface area contributed by atoms with Crippen molar-refractivity contribution in [3.05, 3.63) is 0 Å². The minimum Gasteiger partial charge on any atom is -0.379 e. The normalized spacial score (nSPS) is 16.4. The van der Waals surface area contributed by atoms with E-state index in [0.29, 0.717) is 6.10 Å². The molecule has 0 aliphatic heterocycles. The summed E-state index contributed by atoms with van der Waals surface area (Å²) in [6.07, 6.45) is 5.26. The van der Waals surface area contributed by atoms with Gasteiger partial charge in [0, 0.05) is 6.61 Å². The number of nitrogens with one attached hydrogen (secondary N) is 1. The predicted octanol–water partition coefficient (Wildman–Crippen LogP) is 2.86. The maximum Gasteiger partial charge on any atom is 0.106 e. The van der Waals surface area contributed by atoms with Crippen molar-refractivity contribution in [2.75, 3.05) is 13.7 Å². The zero-order chi connectivity index (χ0) is 12.4. The topological polar surface area (TPSA) is 45.0 Å². The van der Waals surface area contributed by atoms with E-state index in [1.807, 2.05) is 14.0 Å². The highest BCUT2D eigenvalue weighted by molar-refractivity contribution is 5.05. The third kappa shape index (κ3) is 5.48. The van der Waals surface area contributed by atoms with Crippen molar-refractivity contribution < 1.29 is 4.74 Å². The largest absolute Gasteiger partial charge is 0.379 e. The Labute approximate surface area is 100 Å². The number of nitriles is 1. The van der Waals surface area contributed by atoms with E-state index in [-0.39, 0.29) is 5.54 Å². The molecule has 1 N–H and O–H groups in total. The van der Waals surface area contributed by atoms with Crippen LogP contribution in [0.25, 0.3) is 0 Å². The van der Waals surface area contributed by atoms with Crippen molar-refractivity contribution >= 4 is 0 Å². The predicted molar refractivity (Wildman–Crippen MR) is 67.3 cm³/mol. The van der Waals surface area contributed by atoms with Crippen molar-refractivity contribution in [1.82, 2.24) is 5.32 Å². The van der Waals surface area contributed by atoms with Gasteiger partial charge in [-0.15, -0.1) is 0 Å². The van der Waals surface area contributed by atoms with Crippen molar-refractivity contribution in [2.24, 2.45) is 0 Å². The minimum absolute atomic E-state index is 0.345. The summed E-state index contributed by atoms with van der Waals surface area (Å²) in [7, 11) is 1.85. The Kier molecular flexibility index (Phi) is 8.23. The van der Waals surface area contributed by atoms with Crippen LogP contribution in [0.4, 0.5) is 0 Å². The van der Waals surface area contributed by atoms with Gasteiger partial charge in [-0.05, 0) is 39.7 Å². The molecule has 94 valence electrons. The summed E-state index contributed by atoms with van der Waals surface area (Å²) < 4.78 is 5.67. The maximum atomic E-state index is 9.12. The Morgan fingerprint density at radius 2 is 2.12 bits per heavy atom. The molecular weight excluding hydrogens is 200 g/mol. The first-order valence-corrected chi connectivity index (χ1v) is 6.35. The van der Waals surface area contributed by atoms with E-state index in [2.05, 4.69) is 25.2 Å². The molecule has 16 heavy (non-hydrogen) atoms. The molecule has 3 heteroatoms. The summed E-state index contributed by atoms with van der Waals surface area (Å²) in [6.45, 7) is 7.07. The fraction of sp³-hybridized carbons (Fsp3) is 0.923. The second-order valence-electron chi connectivity index (χ2n) is 4.37. The lowest BCUT2D eigenvalue weighted by molar-refractivity contribution is 0.0547. The molecular formula is C13H26N2O. The van der Waals surface area contributed by atoms with Crippen LogP contribution in [0.1, 0.15) is 52.9 Å². The Hall–Kier alpha value is -0.590. The van der Waals surface area contributed by atoms with Gasteiger partial charge in [0.15, 0.2) is 0 Å². The van der Waals surface area contributed by atoms with Crippen LogP contribution in [0, 0.1) is 11.3 Å². The van der Waals surface area contributed by atoms with Crippen molar-refractivity contribution in [1.29, 1.82) is 5.26 Å². The lowest BCUT2D eigenvalue weighted by atomic mass is 9.92. The lowest BCUT2D eigenvalue weighted by Crippen LogP contribution is -2.41. The molecule has 0 saturated carbocycles. The highest BCUT2D eigenvalue weighted by Gasteiger charge is 2.24. The SMILES string of the molecule is CCCC(C)OCCCC(C#N)(CC)NC. The van der Waals surface area contributed by atoms with Gasteiger partial charge >= 0.3 is 0 Å². The second kappa shape index (κ2) is 8.55. The van der Waals surface area contributed by atoms with Gasteiger partial charge in [-0.3, -0.25) is 0 Å². The van der Waals surface area contributed by atoms with Gasteiger partial charge in [-0.2, -0.15) is 5.26 Å². The van der Waals surface area contributed by atoms with Gasteiger partial charge in [0.1, 0.15) is 5.54 Å². The molecule has 0 saturated heterocycles. The molecule has 0 heterocycles. The van der Waals surface area contributed by atoms with Crippen LogP contribution in [0.5, 0.6) is 0 Å². The molecule has 0 aromatic rings. The quantitative estimate of drug-likeness (QED) is 0.615. The van der Waals surface area contributed by atoms with Crippen LogP contribution in [0.3, 0.4) is 0 Å². The molecule has 2 unspecified atom stereocenters. The van der Waals surface area contributed by atoms with Crippen molar-refractivity contribution in [3.8, 4) is 6.07 Å². The van der Waals surface area contributed by atoms with E-state index in [0.717, 1.165) is 38.7 Å². The van der Waals surface area contributed by atoms with Crippen LogP contribution in [0.15, 0.2) is 0 Å². The fourth-order valence-corrected chi connectivity index (χ4v) is 1.82. The number of nitrogens with zero attached hydrogens (tertiary/aromatic N) is 1. The Morgan fingerprint density at radius 3 is 2.56 bits per heavy atom. The molecule has 0 radical (unpaired) electrons. The first-order valence-electron chi connectivity index (χ1n) is 6.35. The van der Waals surface area contributed by atoms with Gasteiger partial charge in [0.2, 0.25) is 0 Å². The smallest absolute Gasteiger partial charge is 0.106 e. The maximum absolute atomic E-state index is 9.12. The molecule has 0 amide bonds. The molecule has 0 aromatic carbocycles. The second-order valence-corrected chi connectivity index (χ2v) is 4.37. The number of hydrogen-bond acceptors (Lipinski definition) is 3. The van der Waals surface area contributed by atoms with E-state index in [9.17, 15) is 0 Å². The monoisotopic (exact) mass is 226 g/mol. The Bertz CT molecular complexity index is 206. The van der Waals surface area contributed by atoms with E-state index in [4.69, 9.17) is 10.00 Å². The number of ether oxygens (including phenoxy) is 1. The molecule has 0 aliphatic rings. The first-order chi connectivity index (χ1) is 7.64. The average molecular weight is 226 g/mol. The first kappa shape index (κ1) is 15.4. The molecule has 0 rings (SSSR count). The van der Waals surface area contributed by atoms with Gasteiger partial charge in [-0.1, -0.05) is 20.3 Å². The number of rotatable bonds is 9. The van der Waals surface area contributed by atoms with Gasteiger partial charge in [0.25, 0.3) is 0 Å². The van der Waals surface area contributed by atoms with Gasteiger partial charge in [0.05, 0.1) is 12.2 Å². The third-order valence-electron chi connectivity index (χ3n) is 3.14. The summed E-state index contributed by atoms with van der Waals surface area (Å²) in [5.41, 5.74) is -0.364. The number of hydrogen-bond donors (Lipinski definition) is 1. The van der Waals surface area contributed by atoms with Crippen LogP contribution >= 0.6 is 0 Å². The summed E-state index contributed by atoms with van der Waals surface area (Å²) in [4.78, 5) is 0. The van der Waals surface area contributed by atoms with E-state index < -0.39 is 0 Å². The third-order valence-corrected chi connectivity index (χ3v) is 3.14. The van der Waals surface area contributed by atoms with Crippen LogP contribution < -0.4 is 5.32 Å². The lowest BCUT2D eigenvalue weighted by Gasteiger charge is -2.24. The molecule has 3 nitrogen and oxygen atoms in total. The molecule has 0 spiro atoms. The highest BCUT2D eigenvalue weighted by Crippen LogP contribution is 2.16. The van der Waals surface area contributed by atoms with Crippen LogP contribution in [-0.4, -0.2) is 25.3 Å². The summed E-state index contributed by atoms with van der Waals surface area (Å²) in [6, 6.07) is 2.36. The van der Waals surface area contributed by atoms with E-state index >= 15 is 0 Å². The van der Waals surface area contributed by atoms with Crippen LogP contribution in [0.2, 0.25) is 0 Å². The van der Waals surface area contributed by atoms with E-state index in [1.165, 1.54) is 0 Å². The molecule has 0 aliphatic carbocycles. The summed E-state index contributed by atoms with van der Waals surface area (Å²) in [5.74, 6) is 0. The molecule has 2 atom stereocenters. The van der Waals surface area contributed by atoms with Gasteiger partial charge in [-0.25, -0.2) is 0 Å². The summed E-state index contributed by atoms with van der Waals surface area (Å²) in [5, 5.41) is 12.2. The molecule has 0 aromatic heterocycles. The minimum atomic E-state index is -0.364. The Balaban J connectivity index is 3.76. The summed E-state index contributed by atoms with van der Waals surface area (Å²) >= 11 is 0. The zero-order valence-electron chi connectivity index (χ0n) is 11.2. The van der Waals surface area contributed by atoms with Gasteiger partial charge < -0.3 is 10.1 Å². The molecule has 0 fully saturated rings.